The summed E-state index contributed by atoms with van der Waals surface area (Å²) in [6.07, 6.45) is 0. The van der Waals surface area contributed by atoms with Crippen LogP contribution in [0, 0.1) is 6.92 Å². The van der Waals surface area contributed by atoms with Gasteiger partial charge in [-0.3, -0.25) is 0 Å². The molecule has 0 fully saturated rings. The number of aryl methyl sites for hydroxylation is 1. The van der Waals surface area contributed by atoms with Crippen molar-refractivity contribution in [2.24, 2.45) is 10.2 Å². The molecule has 0 saturated carbocycles. The second kappa shape index (κ2) is 4.71. The Balaban J connectivity index is 2.74. The van der Waals surface area contributed by atoms with Gasteiger partial charge >= 0.3 is 0 Å². The fraction of sp³-hybridized carbons (Fsp3) is 0.250. The highest BCUT2D eigenvalue weighted by Gasteiger charge is 1.92. The lowest BCUT2D eigenvalue weighted by molar-refractivity contribution is 0.614. The van der Waals surface area contributed by atoms with Crippen molar-refractivity contribution in [3.63, 3.8) is 0 Å². The average Bonchev–Trinajstić information content (AvgIpc) is 2.08. The Kier molecular flexibility index (Phi) is 3.57. The molecule has 0 spiro atoms. The van der Waals surface area contributed by atoms with Crippen molar-refractivity contribution in [2.75, 3.05) is 5.88 Å². The topological polar surface area (TPSA) is 58.9 Å². The van der Waals surface area contributed by atoms with Crippen LogP contribution < -0.4 is 0 Å². The van der Waals surface area contributed by atoms with E-state index in [1.165, 1.54) is 0 Å². The van der Waals surface area contributed by atoms with Gasteiger partial charge in [-0.1, -0.05) is 18.2 Å². The molecule has 0 atom stereocenters. The molecule has 0 N–H and O–H groups in total. The summed E-state index contributed by atoms with van der Waals surface area (Å²) in [5.74, 6) is -0.246. The van der Waals surface area contributed by atoms with Crippen LogP contribution in [0.5, 0.6) is 0 Å². The van der Waals surface area contributed by atoms with Crippen molar-refractivity contribution >= 4 is 16.4 Å². The number of nitrogens with zero attached hydrogens (tertiary/aromatic N) is 2. The van der Waals surface area contributed by atoms with Gasteiger partial charge in [0.1, 0.15) is 0 Å². The van der Waals surface area contributed by atoms with Crippen molar-refractivity contribution in [3.05, 3.63) is 29.8 Å². The van der Waals surface area contributed by atoms with Crippen molar-refractivity contribution in [1.29, 1.82) is 0 Å². The molecule has 0 amide bonds. The van der Waals surface area contributed by atoms with Gasteiger partial charge in [-0.2, -0.15) is 10.2 Å². The first kappa shape index (κ1) is 9.85. The highest BCUT2D eigenvalue weighted by molar-refractivity contribution is 7.72. The summed E-state index contributed by atoms with van der Waals surface area (Å²) < 4.78 is 20.3. The summed E-state index contributed by atoms with van der Waals surface area (Å²) in [4.78, 5) is 0. The molecule has 4 nitrogen and oxygen atoms in total. The summed E-state index contributed by atoms with van der Waals surface area (Å²) in [5.41, 5.74) is 1.69. The summed E-state index contributed by atoms with van der Waals surface area (Å²) in [5, 5.41) is 7.32. The normalized spacial score (nSPS) is 11.2. The van der Waals surface area contributed by atoms with Crippen LogP contribution in [-0.4, -0.2) is 14.3 Å². The standard InChI is InChI=1S/C8H10N2O2S/c1-7-4-2-3-5-8(7)10-9-6-13(11)12/h2-5,13H,6H2,1H3. The van der Waals surface area contributed by atoms with Gasteiger partial charge in [-0.05, 0) is 18.6 Å². The van der Waals surface area contributed by atoms with E-state index < -0.39 is 10.7 Å². The Morgan fingerprint density at radius 1 is 1.31 bits per heavy atom. The van der Waals surface area contributed by atoms with Gasteiger partial charge in [0.2, 0.25) is 0 Å². The fourth-order valence-corrected chi connectivity index (χ4v) is 1.00. The maximum Gasteiger partial charge on any atom is 0.162 e. The van der Waals surface area contributed by atoms with E-state index in [1.54, 1.807) is 6.07 Å². The Morgan fingerprint density at radius 2 is 2.00 bits per heavy atom. The van der Waals surface area contributed by atoms with Crippen LogP contribution >= 0.6 is 0 Å². The SMILES string of the molecule is Cc1ccccc1N=NC[SH](=O)=O. The molecule has 0 heterocycles. The van der Waals surface area contributed by atoms with Crippen LogP contribution in [0.1, 0.15) is 5.56 Å². The van der Waals surface area contributed by atoms with Gasteiger partial charge in [0.15, 0.2) is 16.6 Å². The molecule has 1 aromatic carbocycles. The van der Waals surface area contributed by atoms with Crippen molar-refractivity contribution in [2.45, 2.75) is 6.92 Å². The molecule has 0 saturated heterocycles. The Morgan fingerprint density at radius 3 is 2.62 bits per heavy atom. The van der Waals surface area contributed by atoms with Gasteiger partial charge in [0, 0.05) is 0 Å². The van der Waals surface area contributed by atoms with Gasteiger partial charge in [-0.25, -0.2) is 8.42 Å². The van der Waals surface area contributed by atoms with Crippen LogP contribution in [0.25, 0.3) is 0 Å². The predicted molar refractivity (Wildman–Crippen MR) is 50.9 cm³/mol. The van der Waals surface area contributed by atoms with Gasteiger partial charge in [-0.15, -0.1) is 0 Å². The largest absolute Gasteiger partial charge is 0.230 e. The summed E-state index contributed by atoms with van der Waals surface area (Å²) in [6.45, 7) is 1.89. The van der Waals surface area contributed by atoms with E-state index in [0.29, 0.717) is 5.69 Å². The van der Waals surface area contributed by atoms with Crippen molar-refractivity contribution in [3.8, 4) is 0 Å². The molecule has 5 heteroatoms. The van der Waals surface area contributed by atoms with Crippen molar-refractivity contribution < 1.29 is 8.42 Å². The molecule has 1 rings (SSSR count). The van der Waals surface area contributed by atoms with Gasteiger partial charge in [0.25, 0.3) is 0 Å². The lowest BCUT2D eigenvalue weighted by Gasteiger charge is -1.94. The van der Waals surface area contributed by atoms with E-state index >= 15 is 0 Å². The third kappa shape index (κ3) is 3.33. The molecule has 0 bridgehead atoms. The van der Waals surface area contributed by atoms with E-state index in [-0.39, 0.29) is 5.88 Å². The smallest absolute Gasteiger partial charge is 0.162 e. The molecule has 70 valence electrons. The number of thiol groups is 1. The Labute approximate surface area is 78.3 Å². The monoisotopic (exact) mass is 198 g/mol. The van der Waals surface area contributed by atoms with E-state index in [0.717, 1.165) is 5.56 Å². The van der Waals surface area contributed by atoms with Gasteiger partial charge < -0.3 is 0 Å². The molecule has 1 aromatic rings. The zero-order valence-electron chi connectivity index (χ0n) is 7.17. The zero-order valence-corrected chi connectivity index (χ0v) is 8.07. The number of benzene rings is 1. The lowest BCUT2D eigenvalue weighted by atomic mass is 10.2. The third-order valence-electron chi connectivity index (χ3n) is 1.47. The molecule has 0 unspecified atom stereocenters. The minimum Gasteiger partial charge on any atom is -0.230 e. The maximum atomic E-state index is 10.2. The third-order valence-corrected chi connectivity index (χ3v) is 1.83. The molecular formula is C8H10N2O2S. The second-order valence-electron chi connectivity index (χ2n) is 2.50. The molecule has 0 aliphatic heterocycles. The zero-order chi connectivity index (χ0) is 9.68. The maximum absolute atomic E-state index is 10.2. The predicted octanol–water partition coefficient (Wildman–Crippen LogP) is 1.65. The van der Waals surface area contributed by atoms with Crippen LogP contribution in [0.3, 0.4) is 0 Å². The Hall–Kier alpha value is -1.23. The van der Waals surface area contributed by atoms with Gasteiger partial charge in [0.05, 0.1) is 5.69 Å². The minimum atomic E-state index is -2.47. The molecule has 0 radical (unpaired) electrons. The summed E-state index contributed by atoms with van der Waals surface area (Å²) in [6, 6.07) is 7.41. The number of rotatable bonds is 3. The van der Waals surface area contributed by atoms with E-state index in [4.69, 9.17) is 0 Å². The molecule has 0 aliphatic carbocycles. The first-order valence-electron chi connectivity index (χ1n) is 3.75. The molecule has 0 aromatic heterocycles. The molecule has 0 aliphatic rings. The number of hydrogen-bond donors (Lipinski definition) is 1. The highest BCUT2D eigenvalue weighted by atomic mass is 32.2. The van der Waals surface area contributed by atoms with Crippen LogP contribution in [0.2, 0.25) is 0 Å². The van der Waals surface area contributed by atoms with E-state index in [2.05, 4.69) is 10.2 Å². The first-order chi connectivity index (χ1) is 6.20. The minimum absolute atomic E-state index is 0.246. The highest BCUT2D eigenvalue weighted by Crippen LogP contribution is 2.16. The van der Waals surface area contributed by atoms with Crippen molar-refractivity contribution in [1.82, 2.24) is 0 Å². The average molecular weight is 198 g/mol. The number of hydrogen-bond acceptors (Lipinski definition) is 4. The Bertz CT molecular complexity index is 377. The van der Waals surface area contributed by atoms with E-state index in [9.17, 15) is 8.42 Å². The quantitative estimate of drug-likeness (QED) is 0.593. The molecular weight excluding hydrogens is 188 g/mol. The lowest BCUT2D eigenvalue weighted by Crippen LogP contribution is -1.79. The van der Waals surface area contributed by atoms with Crippen LogP contribution in [0.15, 0.2) is 34.5 Å². The van der Waals surface area contributed by atoms with Crippen LogP contribution in [0.4, 0.5) is 5.69 Å². The number of azo groups is 1. The van der Waals surface area contributed by atoms with Crippen LogP contribution in [-0.2, 0) is 10.7 Å². The van der Waals surface area contributed by atoms with E-state index in [1.807, 2.05) is 25.1 Å². The fourth-order valence-electron chi connectivity index (χ4n) is 0.835. The summed E-state index contributed by atoms with van der Waals surface area (Å²) >= 11 is 0. The first-order valence-corrected chi connectivity index (χ1v) is 5.11. The molecule has 13 heavy (non-hydrogen) atoms. The summed E-state index contributed by atoms with van der Waals surface area (Å²) in [7, 11) is -2.47. The second-order valence-corrected chi connectivity index (χ2v) is 3.45.